The van der Waals surface area contributed by atoms with Gasteiger partial charge in [-0.3, -0.25) is 0 Å². The van der Waals surface area contributed by atoms with Gasteiger partial charge in [0.1, 0.15) is 5.75 Å². The number of benzene rings is 2. The Morgan fingerprint density at radius 3 is 2.65 bits per heavy atom. The van der Waals surface area contributed by atoms with E-state index >= 15 is 0 Å². The largest absolute Gasteiger partial charge is 0.495 e. The molecule has 0 fully saturated rings. The lowest BCUT2D eigenvalue weighted by Gasteiger charge is -2.15. The summed E-state index contributed by atoms with van der Waals surface area (Å²) in [4.78, 5) is 0.171. The number of allylic oxidation sites excluding steroid dienone is 1. The Morgan fingerprint density at radius 2 is 2.00 bits per heavy atom. The molecule has 6 heteroatoms. The van der Waals surface area contributed by atoms with E-state index in [1.54, 1.807) is 30.3 Å². The van der Waals surface area contributed by atoms with Gasteiger partial charge in [0.05, 0.1) is 12.0 Å². The number of hydrogen-bond donors (Lipinski definition) is 0. The monoisotopic (exact) mass is 332 g/mol. The van der Waals surface area contributed by atoms with Crippen LogP contribution in [-0.4, -0.2) is 22.3 Å². The molecule has 23 heavy (non-hydrogen) atoms. The summed E-state index contributed by atoms with van der Waals surface area (Å²) in [6.07, 6.45) is 2.14. The van der Waals surface area contributed by atoms with Crippen molar-refractivity contribution >= 4 is 9.84 Å². The summed E-state index contributed by atoms with van der Waals surface area (Å²) in [6, 6.07) is 9.91. The van der Waals surface area contributed by atoms with E-state index in [4.69, 9.17) is 14.2 Å². The molecule has 0 unspecified atom stereocenters. The molecule has 0 atom stereocenters. The average Bonchev–Trinajstić information content (AvgIpc) is 3.02. The molecule has 0 amide bonds. The lowest BCUT2D eigenvalue weighted by Crippen LogP contribution is -2.07. The molecule has 1 aliphatic heterocycles. The van der Waals surface area contributed by atoms with Gasteiger partial charge in [0.25, 0.3) is 0 Å². The smallest absolute Gasteiger partial charge is 0.231 e. The van der Waals surface area contributed by atoms with Crippen LogP contribution in [0.1, 0.15) is 5.56 Å². The van der Waals surface area contributed by atoms with Crippen LogP contribution >= 0.6 is 0 Å². The summed E-state index contributed by atoms with van der Waals surface area (Å²) in [5.41, 5.74) is 0.682. The Kier molecular flexibility index (Phi) is 4.00. The van der Waals surface area contributed by atoms with Crippen molar-refractivity contribution in [2.75, 3.05) is 13.9 Å². The minimum atomic E-state index is -3.81. The molecule has 1 heterocycles. The van der Waals surface area contributed by atoms with E-state index in [0.29, 0.717) is 17.7 Å². The van der Waals surface area contributed by atoms with Crippen LogP contribution in [0.3, 0.4) is 0 Å². The zero-order valence-corrected chi connectivity index (χ0v) is 13.4. The van der Waals surface area contributed by atoms with Crippen LogP contribution in [-0.2, 0) is 16.3 Å². The van der Waals surface area contributed by atoms with Crippen LogP contribution in [0.4, 0.5) is 0 Å². The van der Waals surface area contributed by atoms with E-state index < -0.39 is 9.84 Å². The molecule has 0 spiro atoms. The van der Waals surface area contributed by atoms with Gasteiger partial charge in [0.15, 0.2) is 16.4 Å². The minimum Gasteiger partial charge on any atom is -0.495 e. The summed E-state index contributed by atoms with van der Waals surface area (Å²) in [5.74, 6) is 0.855. The molecule has 2 aromatic rings. The summed E-state index contributed by atoms with van der Waals surface area (Å²) in [5, 5.41) is 0. The van der Waals surface area contributed by atoms with Crippen LogP contribution in [0.25, 0.3) is 0 Å². The maximum absolute atomic E-state index is 13.1. The van der Waals surface area contributed by atoms with Gasteiger partial charge >= 0.3 is 0 Å². The van der Waals surface area contributed by atoms with Crippen molar-refractivity contribution in [3.05, 3.63) is 54.6 Å². The number of hydrogen-bond acceptors (Lipinski definition) is 5. The van der Waals surface area contributed by atoms with Crippen LogP contribution in [0, 0.1) is 0 Å². The second-order valence-electron chi connectivity index (χ2n) is 4.94. The predicted molar refractivity (Wildman–Crippen MR) is 84.9 cm³/mol. The Morgan fingerprint density at radius 1 is 1.26 bits per heavy atom. The summed E-state index contributed by atoms with van der Waals surface area (Å²) < 4.78 is 42.4. The molecule has 0 bridgehead atoms. The van der Waals surface area contributed by atoms with Gasteiger partial charge in [-0.25, -0.2) is 8.42 Å². The van der Waals surface area contributed by atoms with Crippen LogP contribution in [0.15, 0.2) is 58.8 Å². The molecule has 5 nitrogen and oxygen atoms in total. The maximum Gasteiger partial charge on any atom is 0.231 e. The van der Waals surface area contributed by atoms with Gasteiger partial charge < -0.3 is 14.2 Å². The van der Waals surface area contributed by atoms with Gasteiger partial charge in [0, 0.05) is 5.56 Å². The zero-order valence-electron chi connectivity index (χ0n) is 12.6. The van der Waals surface area contributed by atoms with Crippen LogP contribution < -0.4 is 14.2 Å². The average molecular weight is 332 g/mol. The summed E-state index contributed by atoms with van der Waals surface area (Å²) >= 11 is 0. The lowest BCUT2D eigenvalue weighted by molar-refractivity contribution is 0.171. The maximum atomic E-state index is 13.1. The quantitative estimate of drug-likeness (QED) is 0.788. The van der Waals surface area contributed by atoms with Crippen molar-refractivity contribution in [1.29, 1.82) is 0 Å². The second-order valence-corrected chi connectivity index (χ2v) is 6.83. The summed E-state index contributed by atoms with van der Waals surface area (Å²) in [6.45, 7) is 3.68. The first-order valence-electron chi connectivity index (χ1n) is 7.00. The molecule has 0 aromatic heterocycles. The van der Waals surface area contributed by atoms with E-state index in [2.05, 4.69) is 6.58 Å². The molecule has 0 saturated carbocycles. The fourth-order valence-electron chi connectivity index (χ4n) is 2.54. The highest BCUT2D eigenvalue weighted by Gasteiger charge is 2.34. The van der Waals surface area contributed by atoms with E-state index in [9.17, 15) is 8.42 Å². The minimum absolute atomic E-state index is 0.00181. The highest BCUT2D eigenvalue weighted by molar-refractivity contribution is 7.91. The SMILES string of the molecule is C=CCc1cc2c(c(S(=O)(=O)c3ccccc3)c1OC)OCO2. The summed E-state index contributed by atoms with van der Waals surface area (Å²) in [7, 11) is -2.37. The molecule has 2 aromatic carbocycles. The first-order valence-corrected chi connectivity index (χ1v) is 8.48. The lowest BCUT2D eigenvalue weighted by atomic mass is 10.1. The highest BCUT2D eigenvalue weighted by atomic mass is 32.2. The van der Waals surface area contributed by atoms with Gasteiger partial charge in [-0.05, 0) is 24.6 Å². The van der Waals surface area contributed by atoms with Gasteiger partial charge in [0.2, 0.25) is 16.6 Å². The van der Waals surface area contributed by atoms with Gasteiger partial charge in [-0.1, -0.05) is 24.3 Å². The van der Waals surface area contributed by atoms with Gasteiger partial charge in [-0.2, -0.15) is 0 Å². The van der Waals surface area contributed by atoms with Crippen LogP contribution in [0.2, 0.25) is 0 Å². The molecule has 0 N–H and O–H groups in total. The van der Waals surface area contributed by atoms with E-state index in [1.807, 2.05) is 0 Å². The number of fused-ring (bicyclic) bond motifs is 1. The highest BCUT2D eigenvalue weighted by Crippen LogP contribution is 2.47. The molecule has 120 valence electrons. The zero-order chi connectivity index (χ0) is 16.4. The predicted octanol–water partition coefficient (Wildman–Crippen LogP) is 2.99. The molecule has 0 saturated heterocycles. The van der Waals surface area contributed by atoms with E-state index in [0.717, 1.165) is 0 Å². The number of ether oxygens (including phenoxy) is 3. The standard InChI is InChI=1S/C17H16O5S/c1-3-7-12-10-14-16(22-11-21-14)17(15(12)20-2)23(18,19)13-8-5-4-6-9-13/h3-6,8-10H,1,7,11H2,2H3. The topological polar surface area (TPSA) is 61.8 Å². The first-order chi connectivity index (χ1) is 11.1. The van der Waals surface area contributed by atoms with Crippen molar-refractivity contribution in [3.8, 4) is 17.2 Å². The van der Waals surface area contributed by atoms with Crippen molar-refractivity contribution in [3.63, 3.8) is 0 Å². The van der Waals surface area contributed by atoms with Crippen LogP contribution in [0.5, 0.6) is 17.2 Å². The third-order valence-corrected chi connectivity index (χ3v) is 5.34. The fraction of sp³-hybridized carbons (Fsp3) is 0.176. The van der Waals surface area contributed by atoms with Crippen molar-refractivity contribution < 1.29 is 22.6 Å². The second kappa shape index (κ2) is 5.96. The third kappa shape index (κ3) is 2.55. The normalized spacial score (nSPS) is 12.9. The van der Waals surface area contributed by atoms with Crippen molar-refractivity contribution in [2.24, 2.45) is 0 Å². The Bertz CT molecular complexity index is 841. The van der Waals surface area contributed by atoms with Gasteiger partial charge in [-0.15, -0.1) is 6.58 Å². The molecular formula is C17H16O5S. The molecule has 0 radical (unpaired) electrons. The number of rotatable bonds is 5. The number of methoxy groups -OCH3 is 1. The molecule has 0 aliphatic carbocycles. The Balaban J connectivity index is 2.32. The molecule has 1 aliphatic rings. The Labute approximate surface area is 135 Å². The van der Waals surface area contributed by atoms with Crippen molar-refractivity contribution in [2.45, 2.75) is 16.2 Å². The number of sulfone groups is 1. The third-order valence-electron chi connectivity index (χ3n) is 3.54. The van der Waals surface area contributed by atoms with Crippen molar-refractivity contribution in [1.82, 2.24) is 0 Å². The van der Waals surface area contributed by atoms with E-state index in [1.165, 1.54) is 19.2 Å². The fourth-order valence-corrected chi connectivity index (χ4v) is 4.15. The van der Waals surface area contributed by atoms with E-state index in [-0.39, 0.29) is 28.1 Å². The molecule has 3 rings (SSSR count). The Hall–Kier alpha value is -2.47. The first kappa shape index (κ1) is 15.4. The molecular weight excluding hydrogens is 316 g/mol.